The minimum absolute atomic E-state index is 0.159. The number of allylic oxidation sites excluding steroid dienone is 4. The Kier molecular flexibility index (Phi) is 3.00. The zero-order valence-corrected chi connectivity index (χ0v) is 11.8. The molecule has 3 nitrogen and oxygen atoms in total. The van der Waals surface area contributed by atoms with Gasteiger partial charge >= 0.3 is 0 Å². The molecule has 0 unspecified atom stereocenters. The molecule has 0 atom stereocenters. The van der Waals surface area contributed by atoms with Crippen molar-refractivity contribution < 1.29 is 9.63 Å². The van der Waals surface area contributed by atoms with Crippen LogP contribution in [0.25, 0.3) is 11.6 Å². The maximum absolute atomic E-state index is 12.4. The molecule has 1 amide bonds. The van der Waals surface area contributed by atoms with E-state index >= 15 is 0 Å². The van der Waals surface area contributed by atoms with Gasteiger partial charge in [0, 0.05) is 10.8 Å². The smallest absolute Gasteiger partial charge is 0.273 e. The second kappa shape index (κ2) is 5.01. The fourth-order valence-electron chi connectivity index (χ4n) is 3.07. The van der Waals surface area contributed by atoms with E-state index in [0.717, 1.165) is 16.0 Å². The topological polar surface area (TPSA) is 38.3 Å². The second-order valence-corrected chi connectivity index (χ2v) is 5.85. The molecule has 4 rings (SSSR count). The van der Waals surface area contributed by atoms with Crippen LogP contribution < -0.4 is 15.9 Å². The van der Waals surface area contributed by atoms with Gasteiger partial charge in [0.2, 0.25) is 0 Å². The lowest BCUT2D eigenvalue weighted by molar-refractivity contribution is 0.00312. The molecule has 0 radical (unpaired) electrons. The molecule has 1 aromatic carbocycles. The lowest BCUT2D eigenvalue weighted by Crippen LogP contribution is -2.36. The van der Waals surface area contributed by atoms with Gasteiger partial charge in [-0.25, -0.2) is 5.48 Å². The highest BCUT2D eigenvalue weighted by Gasteiger charge is 2.20. The van der Waals surface area contributed by atoms with E-state index < -0.39 is 0 Å². The van der Waals surface area contributed by atoms with Gasteiger partial charge in [-0.05, 0) is 47.3 Å². The van der Waals surface area contributed by atoms with Crippen molar-refractivity contribution in [3.05, 3.63) is 58.0 Å². The molecule has 1 aromatic rings. The Balaban J connectivity index is 1.59. The predicted octanol–water partition coefficient (Wildman–Crippen LogP) is 1.59. The Morgan fingerprint density at radius 1 is 1.33 bits per heavy atom. The molecule has 3 heteroatoms. The van der Waals surface area contributed by atoms with E-state index in [-0.39, 0.29) is 5.91 Å². The van der Waals surface area contributed by atoms with Crippen molar-refractivity contribution in [1.82, 2.24) is 5.48 Å². The molecule has 3 aliphatic rings. The fourth-order valence-corrected chi connectivity index (χ4v) is 3.07. The summed E-state index contributed by atoms with van der Waals surface area (Å²) in [7, 11) is 0. The Morgan fingerprint density at radius 2 is 2.24 bits per heavy atom. The van der Waals surface area contributed by atoms with Gasteiger partial charge < -0.3 is 0 Å². The van der Waals surface area contributed by atoms with Crippen molar-refractivity contribution in [3.63, 3.8) is 0 Å². The third-order valence-electron chi connectivity index (χ3n) is 4.48. The van der Waals surface area contributed by atoms with Crippen LogP contribution in [0, 0.1) is 5.92 Å². The maximum Gasteiger partial charge on any atom is 0.275 e. The van der Waals surface area contributed by atoms with Crippen LogP contribution in [-0.4, -0.2) is 12.5 Å². The van der Waals surface area contributed by atoms with Gasteiger partial charge in [0.15, 0.2) is 0 Å². The van der Waals surface area contributed by atoms with Gasteiger partial charge in [0.1, 0.15) is 0 Å². The van der Waals surface area contributed by atoms with Crippen LogP contribution in [0.15, 0.2) is 42.0 Å². The molecule has 3 aliphatic carbocycles. The number of fused-ring (bicyclic) bond motifs is 2. The van der Waals surface area contributed by atoms with Gasteiger partial charge in [-0.15, -0.1) is 0 Å². The largest absolute Gasteiger partial charge is 0.275 e. The lowest BCUT2D eigenvalue weighted by Gasteiger charge is -2.24. The molecule has 1 fully saturated rings. The molecule has 1 N–H and O–H groups in total. The molecule has 0 saturated heterocycles. The lowest BCUT2D eigenvalue weighted by atomic mass is 9.86. The van der Waals surface area contributed by atoms with Crippen molar-refractivity contribution in [2.24, 2.45) is 5.92 Å². The average molecular weight is 279 g/mol. The predicted molar refractivity (Wildman–Crippen MR) is 81.5 cm³/mol. The number of hydroxylamine groups is 1. The normalized spacial score (nSPS) is 18.7. The molecule has 0 aliphatic heterocycles. The Morgan fingerprint density at radius 3 is 3.05 bits per heavy atom. The van der Waals surface area contributed by atoms with Crippen LogP contribution in [0.2, 0.25) is 0 Å². The van der Waals surface area contributed by atoms with Crippen molar-refractivity contribution in [3.8, 4) is 0 Å². The standard InChI is InChI=1S/C18H17NO2/c20-18(19-21-11-12-4-1-5-12)16-9-3-7-14-10-13-6-2-8-15(13)17(14)16/h2-3,6-10,12H,1,4-5,11H2,(H,19,20). The first-order valence-electron chi connectivity index (χ1n) is 7.49. The van der Waals surface area contributed by atoms with E-state index in [1.807, 2.05) is 24.3 Å². The second-order valence-electron chi connectivity index (χ2n) is 5.85. The highest BCUT2D eigenvalue weighted by Crippen LogP contribution is 2.26. The minimum atomic E-state index is -0.159. The summed E-state index contributed by atoms with van der Waals surface area (Å²) in [5.41, 5.74) is 5.60. The summed E-state index contributed by atoms with van der Waals surface area (Å²) in [5, 5.41) is 2.12. The number of hydrogen-bond donors (Lipinski definition) is 1. The number of rotatable bonds is 4. The number of carbonyl (C=O) groups excluding carboxylic acids is 1. The molecule has 106 valence electrons. The van der Waals surface area contributed by atoms with E-state index in [0.29, 0.717) is 18.1 Å². The van der Waals surface area contributed by atoms with Crippen LogP contribution in [0.3, 0.4) is 0 Å². The quantitative estimate of drug-likeness (QED) is 0.850. The first-order valence-corrected chi connectivity index (χ1v) is 7.49. The fraction of sp³-hybridized carbons (Fsp3) is 0.278. The summed E-state index contributed by atoms with van der Waals surface area (Å²) in [6.45, 7) is 0.620. The highest BCUT2D eigenvalue weighted by atomic mass is 16.6. The van der Waals surface area contributed by atoms with Gasteiger partial charge in [-0.2, -0.15) is 0 Å². The van der Waals surface area contributed by atoms with E-state index in [4.69, 9.17) is 4.84 Å². The van der Waals surface area contributed by atoms with Gasteiger partial charge in [0.25, 0.3) is 5.91 Å². The van der Waals surface area contributed by atoms with Crippen LogP contribution >= 0.6 is 0 Å². The van der Waals surface area contributed by atoms with Crippen molar-refractivity contribution in [2.75, 3.05) is 6.61 Å². The van der Waals surface area contributed by atoms with Gasteiger partial charge in [-0.1, -0.05) is 36.8 Å². The number of amides is 1. The molecule has 0 heterocycles. The summed E-state index contributed by atoms with van der Waals surface area (Å²) in [6.07, 6.45) is 12.0. The van der Waals surface area contributed by atoms with Crippen molar-refractivity contribution in [1.29, 1.82) is 0 Å². The third-order valence-corrected chi connectivity index (χ3v) is 4.48. The van der Waals surface area contributed by atoms with Crippen LogP contribution in [0.4, 0.5) is 0 Å². The molecule has 0 spiro atoms. The summed E-state index contributed by atoms with van der Waals surface area (Å²) >= 11 is 0. The number of benzene rings is 1. The third kappa shape index (κ3) is 2.14. The summed E-state index contributed by atoms with van der Waals surface area (Å²) in [4.78, 5) is 17.7. The van der Waals surface area contributed by atoms with Crippen LogP contribution in [-0.2, 0) is 4.84 Å². The highest BCUT2D eigenvalue weighted by molar-refractivity contribution is 5.99. The first kappa shape index (κ1) is 12.6. The van der Waals surface area contributed by atoms with Gasteiger partial charge in [0.05, 0.1) is 6.61 Å². The summed E-state index contributed by atoms with van der Waals surface area (Å²) < 4.78 is 0. The van der Waals surface area contributed by atoms with E-state index in [2.05, 4.69) is 23.7 Å². The monoisotopic (exact) mass is 279 g/mol. The SMILES string of the molecule is O=C(NOCC1CCC1)c1cccc2c1=C1C=CC=C1C=2. The average Bonchev–Trinajstić information content (AvgIpc) is 3.01. The Hall–Kier alpha value is -2.13. The van der Waals surface area contributed by atoms with Crippen LogP contribution in [0.5, 0.6) is 0 Å². The summed E-state index contributed by atoms with van der Waals surface area (Å²) in [5.74, 6) is 0.454. The molecular weight excluding hydrogens is 262 g/mol. The number of hydrogen-bond acceptors (Lipinski definition) is 2. The van der Waals surface area contributed by atoms with Gasteiger partial charge in [-0.3, -0.25) is 9.63 Å². The molecule has 0 aromatic heterocycles. The summed E-state index contributed by atoms with van der Waals surface area (Å²) in [6, 6.07) is 5.82. The van der Waals surface area contributed by atoms with E-state index in [1.54, 1.807) is 0 Å². The van der Waals surface area contributed by atoms with Crippen molar-refractivity contribution >= 4 is 17.6 Å². The Bertz CT molecular complexity index is 782. The maximum atomic E-state index is 12.4. The van der Waals surface area contributed by atoms with Crippen LogP contribution in [0.1, 0.15) is 29.6 Å². The molecule has 21 heavy (non-hydrogen) atoms. The van der Waals surface area contributed by atoms with Crippen molar-refractivity contribution in [2.45, 2.75) is 19.3 Å². The molecular formula is C18H17NO2. The van der Waals surface area contributed by atoms with E-state index in [9.17, 15) is 4.79 Å². The van der Waals surface area contributed by atoms with E-state index in [1.165, 1.54) is 24.8 Å². The number of nitrogens with one attached hydrogen (secondary N) is 1. The zero-order valence-electron chi connectivity index (χ0n) is 11.8. The Labute approximate surface area is 123 Å². The zero-order chi connectivity index (χ0) is 14.2. The molecule has 1 saturated carbocycles. The number of carbonyl (C=O) groups is 1. The minimum Gasteiger partial charge on any atom is -0.273 e. The molecule has 0 bridgehead atoms. The first-order chi connectivity index (χ1) is 10.3.